The summed E-state index contributed by atoms with van der Waals surface area (Å²) in [4.78, 5) is 44.6. The zero-order valence-corrected chi connectivity index (χ0v) is 27.3. The third kappa shape index (κ3) is 9.41. The van der Waals surface area contributed by atoms with Crippen molar-refractivity contribution < 1.29 is 23.9 Å². The minimum atomic E-state index is -1.74. The van der Waals surface area contributed by atoms with Crippen LogP contribution >= 0.6 is 24.2 Å². The van der Waals surface area contributed by atoms with Crippen LogP contribution in [0.15, 0.2) is 67.1 Å². The van der Waals surface area contributed by atoms with Gasteiger partial charge in [-0.2, -0.15) is 17.0 Å². The highest BCUT2D eigenvalue weighted by atomic mass is 35.5. The van der Waals surface area contributed by atoms with Crippen molar-refractivity contribution in [1.29, 1.82) is 5.26 Å². The number of halogens is 1. The first-order chi connectivity index (χ1) is 21.3. The molecular formula is C33H40ClN5O5S. The molecular weight excluding hydrogens is 614 g/mol. The molecule has 12 heteroatoms. The lowest BCUT2D eigenvalue weighted by molar-refractivity contribution is -0.182. The number of ketones is 1. The van der Waals surface area contributed by atoms with Crippen LogP contribution in [-0.4, -0.2) is 70.7 Å². The fourth-order valence-corrected chi connectivity index (χ4v) is 5.82. The minimum absolute atomic E-state index is 0. The number of nitriles is 1. The zero-order valence-electron chi connectivity index (χ0n) is 25.6. The molecule has 1 aromatic heterocycles. The molecule has 4 rings (SSSR count). The molecule has 2 heterocycles. The van der Waals surface area contributed by atoms with Crippen LogP contribution < -0.4 is 10.6 Å². The molecule has 240 valence electrons. The number of rotatable bonds is 16. The third-order valence-electron chi connectivity index (χ3n) is 7.92. The fourth-order valence-electron chi connectivity index (χ4n) is 5.33. The summed E-state index contributed by atoms with van der Waals surface area (Å²) in [6.45, 7) is 1.01. The van der Waals surface area contributed by atoms with Gasteiger partial charge in [0, 0.05) is 31.3 Å². The van der Waals surface area contributed by atoms with Gasteiger partial charge in [0.15, 0.2) is 5.78 Å². The average Bonchev–Trinajstić information content (AvgIpc) is 3.72. The third-order valence-corrected chi connectivity index (χ3v) is 8.53. The number of Topliss-reactive ketones (excluding diaryl/α,β-unsaturated/α-hetero) is 1. The van der Waals surface area contributed by atoms with E-state index in [0.29, 0.717) is 37.2 Å². The van der Waals surface area contributed by atoms with Gasteiger partial charge in [0.2, 0.25) is 11.6 Å². The number of ether oxygens (including phenoxy) is 2. The van der Waals surface area contributed by atoms with E-state index in [4.69, 9.17) is 14.7 Å². The van der Waals surface area contributed by atoms with Crippen molar-refractivity contribution in [3.63, 3.8) is 0 Å². The van der Waals surface area contributed by atoms with Crippen LogP contribution in [0.1, 0.15) is 48.1 Å². The number of carbonyl (C=O) groups is 3. The van der Waals surface area contributed by atoms with Gasteiger partial charge >= 0.3 is 5.97 Å². The van der Waals surface area contributed by atoms with E-state index < -0.39 is 17.2 Å². The Morgan fingerprint density at radius 3 is 2.56 bits per heavy atom. The van der Waals surface area contributed by atoms with Crippen molar-refractivity contribution in [3.05, 3.63) is 89.5 Å². The van der Waals surface area contributed by atoms with Gasteiger partial charge in [0.05, 0.1) is 38.1 Å². The highest BCUT2D eigenvalue weighted by Gasteiger charge is 2.48. The predicted octanol–water partition coefficient (Wildman–Crippen LogP) is 3.85. The summed E-state index contributed by atoms with van der Waals surface area (Å²) in [5.41, 5.74) is 0.527. The molecule has 1 fully saturated rings. The van der Waals surface area contributed by atoms with E-state index in [0.717, 1.165) is 23.2 Å². The highest BCUT2D eigenvalue weighted by molar-refractivity contribution is 7.98. The maximum absolute atomic E-state index is 13.9. The van der Waals surface area contributed by atoms with Gasteiger partial charge in [-0.25, -0.2) is 9.78 Å². The van der Waals surface area contributed by atoms with Gasteiger partial charge in [0.1, 0.15) is 5.54 Å². The molecule has 0 spiro atoms. The molecule has 1 aliphatic heterocycles. The summed E-state index contributed by atoms with van der Waals surface area (Å²) >= 11 is 1.52. The van der Waals surface area contributed by atoms with Crippen LogP contribution in [0, 0.1) is 11.3 Å². The van der Waals surface area contributed by atoms with Gasteiger partial charge < -0.3 is 24.7 Å². The van der Waals surface area contributed by atoms with E-state index in [-0.39, 0.29) is 50.0 Å². The number of nitrogens with zero attached hydrogens (tertiary/aromatic N) is 3. The Morgan fingerprint density at radius 2 is 1.91 bits per heavy atom. The molecule has 0 saturated carbocycles. The Kier molecular flexibility index (Phi) is 13.6. The van der Waals surface area contributed by atoms with Gasteiger partial charge in [-0.15, -0.1) is 12.4 Å². The molecule has 3 aromatic rings. The first-order valence-electron chi connectivity index (χ1n) is 14.7. The number of imidazole rings is 1. The predicted molar refractivity (Wildman–Crippen MR) is 175 cm³/mol. The SMILES string of the molecule is COC(=O)[C@](CCSC)(NC(=O)CCc1ccccc1)OC[C@]1(C(=O)Cc2cncn2Cc2ccc(C#N)cc2)CCCN1.Cl. The largest absolute Gasteiger partial charge is 0.465 e. The summed E-state index contributed by atoms with van der Waals surface area (Å²) < 4.78 is 13.4. The van der Waals surface area contributed by atoms with E-state index in [1.807, 2.05) is 53.3 Å². The molecule has 1 aliphatic rings. The van der Waals surface area contributed by atoms with E-state index in [9.17, 15) is 14.4 Å². The lowest BCUT2D eigenvalue weighted by Crippen LogP contribution is -2.61. The monoisotopic (exact) mass is 653 g/mol. The smallest absolute Gasteiger partial charge is 0.359 e. The van der Waals surface area contributed by atoms with E-state index in [2.05, 4.69) is 21.7 Å². The average molecular weight is 654 g/mol. The number of esters is 1. The molecule has 2 atom stereocenters. The lowest BCUT2D eigenvalue weighted by atomic mass is 9.90. The summed E-state index contributed by atoms with van der Waals surface area (Å²) in [6, 6.07) is 19.0. The van der Waals surface area contributed by atoms with Crippen LogP contribution in [0.4, 0.5) is 0 Å². The van der Waals surface area contributed by atoms with Gasteiger partial charge in [-0.3, -0.25) is 9.59 Å². The number of carbonyl (C=O) groups excluding carboxylic acids is 3. The second-order valence-corrected chi connectivity index (χ2v) is 11.9. The zero-order chi connectivity index (χ0) is 31.4. The van der Waals surface area contributed by atoms with Crippen LogP contribution in [-0.2, 0) is 43.2 Å². The number of aromatic nitrogens is 2. The van der Waals surface area contributed by atoms with Crippen LogP contribution in [0.25, 0.3) is 0 Å². The molecule has 1 saturated heterocycles. The Labute approximate surface area is 274 Å². The molecule has 0 radical (unpaired) electrons. The Hall–Kier alpha value is -3.69. The number of nitrogens with one attached hydrogen (secondary N) is 2. The molecule has 0 bridgehead atoms. The first-order valence-corrected chi connectivity index (χ1v) is 16.0. The topological polar surface area (TPSA) is 135 Å². The van der Waals surface area contributed by atoms with Gasteiger partial charge in [-0.05, 0) is 61.1 Å². The number of amides is 1. The number of hydrogen-bond acceptors (Lipinski definition) is 9. The van der Waals surface area contributed by atoms with E-state index in [1.165, 1.54) is 18.9 Å². The highest BCUT2D eigenvalue weighted by Crippen LogP contribution is 2.27. The molecule has 1 amide bonds. The summed E-state index contributed by atoms with van der Waals surface area (Å²) in [6.07, 6.45) is 7.51. The maximum atomic E-state index is 13.9. The Morgan fingerprint density at radius 1 is 1.16 bits per heavy atom. The van der Waals surface area contributed by atoms with Crippen LogP contribution in [0.5, 0.6) is 0 Å². The first kappa shape index (κ1) is 35.8. The standard InChI is InChI=1S/C33H39N5O5S.ClH/c1-42-31(41)33(16-18-44-2,37-30(40)14-13-25-7-4-3-5-8-25)43-23-32(15-6-17-36-32)29(39)19-28-21-35-24-38(28)22-27-11-9-26(20-34)10-12-27;/h3-5,7-12,21,24,36H,6,13-19,22-23H2,1-2H3,(H,37,40);1H/t32-,33+;/m0./s1. The Balaban J connectivity index is 0.00000552. The van der Waals surface area contributed by atoms with E-state index >= 15 is 0 Å². The van der Waals surface area contributed by atoms with Crippen LogP contribution in [0.3, 0.4) is 0 Å². The van der Waals surface area contributed by atoms with Crippen molar-refractivity contribution in [2.24, 2.45) is 0 Å². The van der Waals surface area contributed by atoms with Gasteiger partial charge in [-0.1, -0.05) is 42.5 Å². The van der Waals surface area contributed by atoms with Gasteiger partial charge in [0.25, 0.3) is 0 Å². The quantitative estimate of drug-likeness (QED) is 0.175. The molecule has 2 aromatic carbocycles. The number of aryl methyl sites for hydroxylation is 1. The number of methoxy groups -OCH3 is 1. The van der Waals surface area contributed by atoms with Crippen molar-refractivity contribution in [1.82, 2.24) is 20.2 Å². The maximum Gasteiger partial charge on any atom is 0.359 e. The summed E-state index contributed by atoms with van der Waals surface area (Å²) in [5.74, 6) is -0.611. The fraction of sp³-hybridized carbons (Fsp3) is 0.424. The second-order valence-electron chi connectivity index (χ2n) is 10.9. The summed E-state index contributed by atoms with van der Waals surface area (Å²) in [7, 11) is 1.26. The second kappa shape index (κ2) is 17.1. The van der Waals surface area contributed by atoms with Crippen molar-refractivity contribution >= 4 is 41.8 Å². The lowest BCUT2D eigenvalue weighted by Gasteiger charge is -2.36. The normalized spacial score (nSPS) is 17.0. The van der Waals surface area contributed by atoms with Crippen LogP contribution in [0.2, 0.25) is 0 Å². The van der Waals surface area contributed by atoms with Crippen molar-refractivity contribution in [2.75, 3.05) is 32.3 Å². The van der Waals surface area contributed by atoms with E-state index in [1.54, 1.807) is 24.7 Å². The number of thioether (sulfide) groups is 1. The van der Waals surface area contributed by atoms with Crippen molar-refractivity contribution in [3.8, 4) is 6.07 Å². The molecule has 0 aliphatic carbocycles. The van der Waals surface area contributed by atoms with Crippen molar-refractivity contribution in [2.45, 2.75) is 56.3 Å². The molecule has 10 nitrogen and oxygen atoms in total. The molecule has 2 N–H and O–H groups in total. The number of hydrogen-bond donors (Lipinski definition) is 2. The number of benzene rings is 2. The molecule has 45 heavy (non-hydrogen) atoms. The summed E-state index contributed by atoms with van der Waals surface area (Å²) in [5, 5.41) is 15.3. The Bertz CT molecular complexity index is 1450. The minimum Gasteiger partial charge on any atom is -0.465 e. The molecule has 0 unspecified atom stereocenters.